The summed E-state index contributed by atoms with van der Waals surface area (Å²) in [5, 5.41) is 34.3. The Balaban J connectivity index is 1.30. The molecule has 2 saturated heterocycles. The molecule has 3 N–H and O–H groups in total. The fraction of sp³-hybridized carbons (Fsp3) is 0.400. The van der Waals surface area contributed by atoms with Crippen molar-refractivity contribution in [3.63, 3.8) is 0 Å². The molecular formula is C30H33N3O4S. The van der Waals surface area contributed by atoms with Crippen LogP contribution in [0.25, 0.3) is 26.8 Å². The Hall–Kier alpha value is -3.22. The number of amides is 1. The highest BCUT2D eigenvalue weighted by molar-refractivity contribution is 7.16. The van der Waals surface area contributed by atoms with Crippen LogP contribution in [0.1, 0.15) is 43.9 Å². The molecule has 1 aromatic heterocycles. The summed E-state index contributed by atoms with van der Waals surface area (Å²) in [4.78, 5) is 17.2. The molecule has 0 radical (unpaired) electrons. The van der Waals surface area contributed by atoms with E-state index >= 15 is 0 Å². The predicted molar refractivity (Wildman–Crippen MR) is 151 cm³/mol. The van der Waals surface area contributed by atoms with Crippen LogP contribution in [0.2, 0.25) is 0 Å². The summed E-state index contributed by atoms with van der Waals surface area (Å²) < 4.78 is 5.37. The number of nitrogens with one attached hydrogen (secondary N) is 1. The number of carbonyl (C=O) groups excluding carboxylic acids is 1. The average Bonchev–Trinajstić information content (AvgIpc) is 3.42. The van der Waals surface area contributed by atoms with Gasteiger partial charge in [0, 0.05) is 47.9 Å². The molecule has 38 heavy (non-hydrogen) atoms. The first-order valence-corrected chi connectivity index (χ1v) is 14.0. The smallest absolute Gasteiger partial charge is 0.262 e. The topological polar surface area (TPSA) is 106 Å². The molecular weight excluding hydrogens is 498 g/mol. The molecule has 3 unspecified atom stereocenters. The lowest BCUT2D eigenvalue weighted by Crippen LogP contribution is -2.42. The summed E-state index contributed by atoms with van der Waals surface area (Å²) in [5.74, 6) is -0.492. The number of aliphatic hydroxyl groups is 2. The summed E-state index contributed by atoms with van der Waals surface area (Å²) >= 11 is 1.55. The number of benzene rings is 2. The Bertz CT molecular complexity index is 1380. The van der Waals surface area contributed by atoms with E-state index in [2.05, 4.69) is 46.6 Å². The van der Waals surface area contributed by atoms with Gasteiger partial charge < -0.3 is 25.2 Å². The van der Waals surface area contributed by atoms with Crippen molar-refractivity contribution >= 4 is 39.3 Å². The van der Waals surface area contributed by atoms with Crippen LogP contribution in [0, 0.1) is 11.3 Å². The van der Waals surface area contributed by atoms with E-state index in [1.165, 1.54) is 35.7 Å². The Morgan fingerprint density at radius 3 is 2.61 bits per heavy atom. The van der Waals surface area contributed by atoms with E-state index in [0.717, 1.165) is 28.4 Å². The normalized spacial score (nSPS) is 22.6. The highest BCUT2D eigenvalue weighted by Crippen LogP contribution is 2.35. The standard InChI is InChI=1S/C30H33N3O4S/c1-19(26(17-31)30(36)32-18-25-15-24(34)16-29(35)37-25)27-9-10-28(38-27)22-6-5-21-14-23(8-7-20(21)13-22)33-11-3-2-4-12-33/h5-10,13-14,24-25,29,34-35H,2-4,11-12,15-16,18H2,1H3,(H,32,36)/b26-19+. The maximum Gasteiger partial charge on any atom is 0.262 e. The van der Waals surface area contributed by atoms with Gasteiger partial charge in [-0.1, -0.05) is 18.2 Å². The molecule has 2 fully saturated rings. The molecule has 3 aromatic rings. The van der Waals surface area contributed by atoms with Gasteiger partial charge in [0.1, 0.15) is 11.6 Å². The highest BCUT2D eigenvalue weighted by Gasteiger charge is 2.27. The second-order valence-corrected chi connectivity index (χ2v) is 11.2. The van der Waals surface area contributed by atoms with Gasteiger partial charge in [-0.3, -0.25) is 4.79 Å². The summed E-state index contributed by atoms with van der Waals surface area (Å²) in [7, 11) is 0. The second kappa shape index (κ2) is 11.7. The van der Waals surface area contributed by atoms with Crippen molar-refractivity contribution in [1.82, 2.24) is 5.32 Å². The number of piperidine rings is 1. The van der Waals surface area contributed by atoms with Crippen LogP contribution in [0.4, 0.5) is 5.69 Å². The third kappa shape index (κ3) is 5.92. The van der Waals surface area contributed by atoms with Crippen molar-refractivity contribution in [2.75, 3.05) is 24.5 Å². The molecule has 0 bridgehead atoms. The number of fused-ring (bicyclic) bond motifs is 1. The number of ether oxygens (including phenoxy) is 1. The van der Waals surface area contributed by atoms with E-state index in [9.17, 15) is 20.3 Å². The fourth-order valence-corrected chi connectivity index (χ4v) is 6.26. The van der Waals surface area contributed by atoms with E-state index in [1.54, 1.807) is 18.3 Å². The van der Waals surface area contributed by atoms with Gasteiger partial charge in [-0.2, -0.15) is 5.26 Å². The first-order valence-electron chi connectivity index (χ1n) is 13.2. The number of thiophene rings is 1. The first kappa shape index (κ1) is 26.4. The number of hydrogen-bond acceptors (Lipinski definition) is 7. The minimum absolute atomic E-state index is 0.0408. The molecule has 2 aliphatic rings. The second-order valence-electron chi connectivity index (χ2n) is 10.1. The molecule has 0 aliphatic carbocycles. The molecule has 198 valence electrons. The molecule has 8 heteroatoms. The summed E-state index contributed by atoms with van der Waals surface area (Å²) in [6.45, 7) is 4.13. The highest BCUT2D eigenvalue weighted by atomic mass is 32.1. The maximum atomic E-state index is 12.8. The molecule has 7 nitrogen and oxygen atoms in total. The van der Waals surface area contributed by atoms with Crippen LogP contribution in [-0.2, 0) is 9.53 Å². The fourth-order valence-electron chi connectivity index (χ4n) is 5.25. The molecule has 2 aromatic carbocycles. The molecule has 1 amide bonds. The average molecular weight is 532 g/mol. The van der Waals surface area contributed by atoms with Crippen molar-refractivity contribution < 1.29 is 19.7 Å². The van der Waals surface area contributed by atoms with Crippen molar-refractivity contribution in [1.29, 1.82) is 5.26 Å². The van der Waals surface area contributed by atoms with Crippen LogP contribution in [-0.4, -0.2) is 54.3 Å². The van der Waals surface area contributed by atoms with Crippen LogP contribution in [0.5, 0.6) is 0 Å². The number of nitrogens with zero attached hydrogens (tertiary/aromatic N) is 2. The zero-order valence-corrected chi connectivity index (χ0v) is 22.3. The van der Waals surface area contributed by atoms with Crippen molar-refractivity contribution in [3.8, 4) is 16.5 Å². The lowest BCUT2D eigenvalue weighted by atomic mass is 10.0. The van der Waals surface area contributed by atoms with E-state index in [1.807, 2.05) is 18.2 Å². The zero-order chi connectivity index (χ0) is 26.6. The van der Waals surface area contributed by atoms with E-state index in [-0.39, 0.29) is 18.5 Å². The Morgan fingerprint density at radius 1 is 1.08 bits per heavy atom. The number of carbonyl (C=O) groups is 1. The molecule has 2 aliphatic heterocycles. The maximum absolute atomic E-state index is 12.8. The minimum atomic E-state index is -1.05. The number of rotatable bonds is 6. The Labute approximate surface area is 227 Å². The van der Waals surface area contributed by atoms with Gasteiger partial charge in [0.05, 0.1) is 12.2 Å². The van der Waals surface area contributed by atoms with E-state index in [0.29, 0.717) is 12.0 Å². The third-order valence-corrected chi connectivity index (χ3v) is 8.62. The monoisotopic (exact) mass is 531 g/mol. The van der Waals surface area contributed by atoms with Crippen LogP contribution in [0.3, 0.4) is 0 Å². The Morgan fingerprint density at radius 2 is 1.84 bits per heavy atom. The third-order valence-electron chi connectivity index (χ3n) is 7.37. The Kier molecular flexibility index (Phi) is 8.10. The zero-order valence-electron chi connectivity index (χ0n) is 21.5. The van der Waals surface area contributed by atoms with E-state index in [4.69, 9.17) is 4.74 Å². The van der Waals surface area contributed by atoms with Crippen LogP contribution < -0.4 is 10.2 Å². The van der Waals surface area contributed by atoms with Gasteiger partial charge >= 0.3 is 0 Å². The summed E-state index contributed by atoms with van der Waals surface area (Å²) in [6, 6.07) is 19.2. The molecule has 5 rings (SSSR count). The van der Waals surface area contributed by atoms with Gasteiger partial charge in [-0.15, -0.1) is 11.3 Å². The van der Waals surface area contributed by atoms with Gasteiger partial charge in [0.2, 0.25) is 0 Å². The first-order chi connectivity index (χ1) is 18.4. The van der Waals surface area contributed by atoms with Gasteiger partial charge in [-0.25, -0.2) is 0 Å². The van der Waals surface area contributed by atoms with E-state index < -0.39 is 24.4 Å². The molecule has 3 heterocycles. The van der Waals surface area contributed by atoms with Gasteiger partial charge in [0.25, 0.3) is 5.91 Å². The lowest BCUT2D eigenvalue weighted by Gasteiger charge is -2.30. The van der Waals surface area contributed by atoms with Crippen molar-refractivity contribution in [2.24, 2.45) is 0 Å². The van der Waals surface area contributed by atoms with Gasteiger partial charge in [0.15, 0.2) is 6.29 Å². The largest absolute Gasteiger partial charge is 0.393 e. The van der Waals surface area contributed by atoms with Crippen molar-refractivity contribution in [3.05, 3.63) is 59.0 Å². The molecule has 0 saturated carbocycles. The predicted octanol–water partition coefficient (Wildman–Crippen LogP) is 4.83. The summed E-state index contributed by atoms with van der Waals surface area (Å²) in [6.07, 6.45) is 2.07. The minimum Gasteiger partial charge on any atom is -0.393 e. The number of allylic oxidation sites excluding steroid dienone is 1. The molecule has 3 atom stereocenters. The number of hydrogen-bond donors (Lipinski definition) is 3. The number of aliphatic hydroxyl groups excluding tert-OH is 2. The molecule has 0 spiro atoms. The number of nitriles is 1. The van der Waals surface area contributed by atoms with Gasteiger partial charge in [-0.05, 0) is 78.4 Å². The van der Waals surface area contributed by atoms with Crippen LogP contribution >= 0.6 is 11.3 Å². The van der Waals surface area contributed by atoms with Crippen molar-refractivity contribution in [2.45, 2.75) is 57.5 Å². The lowest BCUT2D eigenvalue weighted by molar-refractivity contribution is -0.187. The SMILES string of the molecule is C/C(=C(/C#N)C(=O)NCC1CC(O)CC(O)O1)c1ccc(-c2ccc3cc(N4CCCCC4)ccc3c2)s1. The summed E-state index contributed by atoms with van der Waals surface area (Å²) in [5.41, 5.74) is 3.03. The van der Waals surface area contributed by atoms with Crippen LogP contribution in [0.15, 0.2) is 54.1 Å². The number of anilines is 1. The quantitative estimate of drug-likeness (QED) is 0.311.